The van der Waals surface area contributed by atoms with Gasteiger partial charge >= 0.3 is 0 Å². The van der Waals surface area contributed by atoms with Gasteiger partial charge in [0.05, 0.1) is 11.3 Å². The molecule has 1 aromatic carbocycles. The molecule has 5 rings (SSSR count). The zero-order valence-electron chi connectivity index (χ0n) is 19.3. The minimum Gasteiger partial charge on any atom is -0.368 e. The van der Waals surface area contributed by atoms with Gasteiger partial charge in [-0.05, 0) is 44.3 Å². The van der Waals surface area contributed by atoms with E-state index in [4.69, 9.17) is 10.7 Å². The molecule has 2 saturated heterocycles. The third kappa shape index (κ3) is 4.42. The highest BCUT2D eigenvalue weighted by Crippen LogP contribution is 2.32. The Kier molecular flexibility index (Phi) is 6.21. The number of hydrogen-bond donors (Lipinski definition) is 2. The Labute approximate surface area is 194 Å². The number of benzene rings is 1. The van der Waals surface area contributed by atoms with Crippen LogP contribution in [0.3, 0.4) is 0 Å². The van der Waals surface area contributed by atoms with Crippen LogP contribution in [-0.4, -0.2) is 63.9 Å². The van der Waals surface area contributed by atoms with Crippen LogP contribution < -0.4 is 16.2 Å². The van der Waals surface area contributed by atoms with Crippen LogP contribution in [0.15, 0.2) is 35.1 Å². The van der Waals surface area contributed by atoms with E-state index in [0.717, 1.165) is 56.7 Å². The molecule has 3 aliphatic rings. The summed E-state index contributed by atoms with van der Waals surface area (Å²) in [5, 5.41) is 0. The lowest BCUT2D eigenvalue weighted by molar-refractivity contribution is -0.132. The highest BCUT2D eigenvalue weighted by Gasteiger charge is 2.45. The summed E-state index contributed by atoms with van der Waals surface area (Å²) in [5.74, 6) is 0.418. The second kappa shape index (κ2) is 9.27. The standard InChI is InChI=1S/C25H34N6O2/c26-23(33)25(31-12-5-2-6-13-31)10-15-30(16-11-25)24-27-21-9-14-29(18-20(21)22(32)28-24)17-19-7-3-1-4-8-19/h1,3-4,7-8H,2,5-6,9-18H2,(H2,26,33)(H,27,28,32). The number of anilines is 1. The van der Waals surface area contributed by atoms with Crippen LogP contribution in [-0.2, 0) is 24.3 Å². The van der Waals surface area contributed by atoms with Gasteiger partial charge in [-0.15, -0.1) is 0 Å². The van der Waals surface area contributed by atoms with Crippen LogP contribution >= 0.6 is 0 Å². The summed E-state index contributed by atoms with van der Waals surface area (Å²) in [6.07, 6.45) is 5.59. The van der Waals surface area contributed by atoms with Gasteiger partial charge in [-0.25, -0.2) is 4.98 Å². The molecular formula is C25H34N6O2. The molecule has 8 nitrogen and oxygen atoms in total. The molecule has 0 bridgehead atoms. The summed E-state index contributed by atoms with van der Waals surface area (Å²) in [5.41, 5.74) is 8.24. The Morgan fingerprint density at radius 1 is 1.03 bits per heavy atom. The Bertz CT molecular complexity index is 1040. The Morgan fingerprint density at radius 3 is 2.45 bits per heavy atom. The number of H-pyrrole nitrogens is 1. The van der Waals surface area contributed by atoms with E-state index < -0.39 is 5.54 Å². The number of carbonyl (C=O) groups is 1. The number of primary amides is 1. The van der Waals surface area contributed by atoms with E-state index in [2.05, 4.69) is 31.8 Å². The number of nitrogens with one attached hydrogen (secondary N) is 1. The van der Waals surface area contributed by atoms with Gasteiger partial charge in [0.2, 0.25) is 11.9 Å². The summed E-state index contributed by atoms with van der Waals surface area (Å²) < 4.78 is 0. The number of aromatic amines is 1. The van der Waals surface area contributed by atoms with Gasteiger partial charge in [-0.3, -0.25) is 24.4 Å². The van der Waals surface area contributed by atoms with Crippen molar-refractivity contribution in [2.75, 3.05) is 37.6 Å². The number of hydrogen-bond acceptors (Lipinski definition) is 6. The van der Waals surface area contributed by atoms with Crippen LogP contribution in [0.2, 0.25) is 0 Å². The first-order valence-electron chi connectivity index (χ1n) is 12.2. The number of piperidine rings is 2. The molecule has 0 unspecified atom stereocenters. The van der Waals surface area contributed by atoms with Crippen molar-refractivity contribution in [2.24, 2.45) is 5.73 Å². The maximum atomic E-state index is 13.0. The molecule has 2 fully saturated rings. The van der Waals surface area contributed by atoms with Crippen molar-refractivity contribution >= 4 is 11.9 Å². The third-order valence-corrected chi connectivity index (χ3v) is 7.69. The van der Waals surface area contributed by atoms with Gasteiger partial charge in [-0.2, -0.15) is 0 Å². The maximum absolute atomic E-state index is 13.0. The number of carbonyl (C=O) groups excluding carboxylic acids is 1. The van der Waals surface area contributed by atoms with Crippen LogP contribution in [0, 0.1) is 0 Å². The van der Waals surface area contributed by atoms with Crippen molar-refractivity contribution in [3.05, 3.63) is 57.5 Å². The second-order valence-corrected chi connectivity index (χ2v) is 9.69. The zero-order valence-corrected chi connectivity index (χ0v) is 19.3. The first-order valence-corrected chi connectivity index (χ1v) is 12.2. The van der Waals surface area contributed by atoms with Gasteiger partial charge in [0.1, 0.15) is 5.54 Å². The number of rotatable bonds is 5. The summed E-state index contributed by atoms with van der Waals surface area (Å²) in [4.78, 5) is 40.1. The normalized spacial score (nSPS) is 21.5. The largest absolute Gasteiger partial charge is 0.368 e. The first kappa shape index (κ1) is 22.1. The van der Waals surface area contributed by atoms with E-state index in [-0.39, 0.29) is 11.5 Å². The van der Waals surface area contributed by atoms with Gasteiger partial charge < -0.3 is 10.6 Å². The minimum absolute atomic E-state index is 0.0458. The molecule has 0 aliphatic carbocycles. The first-order chi connectivity index (χ1) is 16.0. The molecule has 176 valence electrons. The van der Waals surface area contributed by atoms with Crippen molar-refractivity contribution in [3.8, 4) is 0 Å². The predicted molar refractivity (Wildman–Crippen MR) is 128 cm³/mol. The van der Waals surface area contributed by atoms with Crippen molar-refractivity contribution in [2.45, 2.75) is 57.2 Å². The van der Waals surface area contributed by atoms with E-state index in [1.807, 2.05) is 18.2 Å². The lowest BCUT2D eigenvalue weighted by Crippen LogP contribution is -2.63. The van der Waals surface area contributed by atoms with Gasteiger partial charge in [-0.1, -0.05) is 36.8 Å². The Balaban J connectivity index is 1.28. The van der Waals surface area contributed by atoms with Crippen LogP contribution in [0.1, 0.15) is 48.9 Å². The molecule has 0 radical (unpaired) electrons. The number of amides is 1. The van der Waals surface area contributed by atoms with E-state index in [1.54, 1.807) is 0 Å². The zero-order chi connectivity index (χ0) is 22.8. The molecule has 8 heteroatoms. The fraction of sp³-hybridized carbons (Fsp3) is 0.560. The summed E-state index contributed by atoms with van der Waals surface area (Å²) in [6, 6.07) is 10.3. The van der Waals surface area contributed by atoms with Crippen molar-refractivity contribution in [1.82, 2.24) is 19.8 Å². The average Bonchev–Trinajstić information content (AvgIpc) is 2.85. The van der Waals surface area contributed by atoms with Crippen LogP contribution in [0.5, 0.6) is 0 Å². The average molecular weight is 451 g/mol. The molecule has 0 atom stereocenters. The lowest BCUT2D eigenvalue weighted by Gasteiger charge is -2.48. The SMILES string of the molecule is NC(=O)C1(N2CCCCC2)CCN(c2nc3c(c(=O)[nH]2)CN(Cc2ccccc2)CC3)CC1. The highest BCUT2D eigenvalue weighted by atomic mass is 16.1. The van der Waals surface area contributed by atoms with Crippen molar-refractivity contribution in [1.29, 1.82) is 0 Å². The molecule has 1 aromatic heterocycles. The fourth-order valence-electron chi connectivity index (χ4n) is 5.72. The Hall–Kier alpha value is -2.71. The Morgan fingerprint density at radius 2 is 1.76 bits per heavy atom. The topological polar surface area (TPSA) is 98.6 Å². The minimum atomic E-state index is -0.566. The molecular weight excluding hydrogens is 416 g/mol. The molecule has 2 aromatic rings. The molecule has 0 saturated carbocycles. The smallest absolute Gasteiger partial charge is 0.257 e. The van der Waals surface area contributed by atoms with Crippen LogP contribution in [0.25, 0.3) is 0 Å². The van der Waals surface area contributed by atoms with Gasteiger partial charge in [0.25, 0.3) is 5.56 Å². The number of likely N-dealkylation sites (tertiary alicyclic amines) is 1. The van der Waals surface area contributed by atoms with Gasteiger partial charge in [0, 0.05) is 39.1 Å². The lowest BCUT2D eigenvalue weighted by atomic mass is 9.83. The quantitative estimate of drug-likeness (QED) is 0.719. The van der Waals surface area contributed by atoms with E-state index >= 15 is 0 Å². The number of nitrogens with zero attached hydrogens (tertiary/aromatic N) is 4. The van der Waals surface area contributed by atoms with E-state index in [9.17, 15) is 9.59 Å². The number of fused-ring (bicyclic) bond motifs is 1. The molecule has 3 aliphatic heterocycles. The fourth-order valence-corrected chi connectivity index (χ4v) is 5.72. The third-order valence-electron chi connectivity index (χ3n) is 7.69. The molecule has 0 spiro atoms. The molecule has 1 amide bonds. The predicted octanol–water partition coefficient (Wildman–Crippen LogP) is 1.64. The summed E-state index contributed by atoms with van der Waals surface area (Å²) >= 11 is 0. The molecule has 4 heterocycles. The number of aromatic nitrogens is 2. The van der Waals surface area contributed by atoms with Crippen molar-refractivity contribution in [3.63, 3.8) is 0 Å². The highest BCUT2D eigenvalue weighted by molar-refractivity contribution is 5.85. The molecule has 33 heavy (non-hydrogen) atoms. The monoisotopic (exact) mass is 450 g/mol. The summed E-state index contributed by atoms with van der Waals surface area (Å²) in [6.45, 7) is 5.55. The van der Waals surface area contributed by atoms with Crippen molar-refractivity contribution < 1.29 is 4.79 Å². The van der Waals surface area contributed by atoms with E-state index in [1.165, 1.54) is 12.0 Å². The van der Waals surface area contributed by atoms with Gasteiger partial charge in [0.15, 0.2) is 0 Å². The second-order valence-electron chi connectivity index (χ2n) is 9.69. The number of nitrogens with two attached hydrogens (primary N) is 1. The van der Waals surface area contributed by atoms with Crippen LogP contribution in [0.4, 0.5) is 5.95 Å². The van der Waals surface area contributed by atoms with E-state index in [0.29, 0.717) is 38.4 Å². The summed E-state index contributed by atoms with van der Waals surface area (Å²) in [7, 11) is 0. The maximum Gasteiger partial charge on any atom is 0.257 e. The molecule has 3 N–H and O–H groups in total.